The molecule has 1 atom stereocenters. The Morgan fingerprint density at radius 2 is 1.53 bits per heavy atom. The molecule has 4 aromatic carbocycles. The SMILES string of the molecule is O=C[C@H](CSCN(C(=O)OCC1c2ccccc2-c2ccccc21)c1ccccc1)Nc1ccc([N+](=O)[O-])cc1[N+](=O)[O-]. The largest absolute Gasteiger partial charge is 0.448 e. The highest BCUT2D eigenvalue weighted by Gasteiger charge is 2.30. The number of para-hydroxylation sites is 1. The highest BCUT2D eigenvalue weighted by molar-refractivity contribution is 7.99. The molecule has 0 aliphatic heterocycles. The maximum absolute atomic E-state index is 13.4. The summed E-state index contributed by atoms with van der Waals surface area (Å²) in [7, 11) is 0. The minimum Gasteiger partial charge on any atom is -0.448 e. The summed E-state index contributed by atoms with van der Waals surface area (Å²) in [6.45, 7) is 0.142. The third kappa shape index (κ3) is 6.49. The Hall–Kier alpha value is -5.23. The summed E-state index contributed by atoms with van der Waals surface area (Å²) in [5.74, 6) is 0.176. The number of nitro groups is 2. The molecule has 43 heavy (non-hydrogen) atoms. The van der Waals surface area contributed by atoms with Crippen LogP contribution in [-0.4, -0.2) is 46.5 Å². The molecule has 0 radical (unpaired) electrons. The Bertz CT molecular complexity index is 1620. The molecule has 1 N–H and O–H groups in total. The topological polar surface area (TPSA) is 145 Å². The van der Waals surface area contributed by atoms with E-state index in [-0.39, 0.29) is 29.8 Å². The summed E-state index contributed by atoms with van der Waals surface area (Å²) >= 11 is 1.25. The zero-order valence-corrected chi connectivity index (χ0v) is 23.5. The minimum absolute atomic E-state index is 0.0234. The van der Waals surface area contributed by atoms with Gasteiger partial charge in [-0.05, 0) is 40.5 Å². The predicted octanol–water partition coefficient (Wildman–Crippen LogP) is 6.63. The van der Waals surface area contributed by atoms with Gasteiger partial charge in [0.05, 0.1) is 27.8 Å². The lowest BCUT2D eigenvalue weighted by molar-refractivity contribution is -0.393. The first-order valence-electron chi connectivity index (χ1n) is 13.3. The fraction of sp³-hybridized carbons (Fsp3) is 0.161. The van der Waals surface area contributed by atoms with E-state index in [1.165, 1.54) is 22.7 Å². The maximum Gasteiger partial charge on any atom is 0.415 e. The third-order valence-corrected chi connectivity index (χ3v) is 8.07. The zero-order valence-electron chi connectivity index (χ0n) is 22.7. The highest BCUT2D eigenvalue weighted by Crippen LogP contribution is 2.44. The summed E-state index contributed by atoms with van der Waals surface area (Å²) < 4.78 is 5.87. The number of nitrogens with one attached hydrogen (secondary N) is 1. The minimum atomic E-state index is -0.870. The number of benzene rings is 4. The molecule has 0 spiro atoms. The molecule has 1 aliphatic rings. The van der Waals surface area contributed by atoms with Crippen LogP contribution in [0.25, 0.3) is 11.1 Å². The van der Waals surface area contributed by atoms with Crippen molar-refractivity contribution in [1.29, 1.82) is 0 Å². The van der Waals surface area contributed by atoms with Gasteiger partial charge in [-0.15, -0.1) is 11.8 Å². The van der Waals surface area contributed by atoms with Crippen molar-refractivity contribution in [3.63, 3.8) is 0 Å². The molecular weight excluding hydrogens is 572 g/mol. The normalized spacial score (nSPS) is 12.5. The molecule has 0 heterocycles. The van der Waals surface area contributed by atoms with Crippen LogP contribution in [0.5, 0.6) is 0 Å². The number of anilines is 2. The lowest BCUT2D eigenvalue weighted by Gasteiger charge is -2.24. The fourth-order valence-electron chi connectivity index (χ4n) is 5.00. The van der Waals surface area contributed by atoms with E-state index >= 15 is 0 Å². The van der Waals surface area contributed by atoms with Crippen LogP contribution in [0.1, 0.15) is 17.0 Å². The van der Waals surface area contributed by atoms with Crippen LogP contribution in [0.4, 0.5) is 27.5 Å². The lowest BCUT2D eigenvalue weighted by Crippen LogP contribution is -2.33. The van der Waals surface area contributed by atoms with Crippen LogP contribution in [0, 0.1) is 20.2 Å². The first kappa shape index (κ1) is 29.3. The van der Waals surface area contributed by atoms with E-state index in [4.69, 9.17) is 4.74 Å². The number of thioether (sulfide) groups is 1. The summed E-state index contributed by atoms with van der Waals surface area (Å²) in [5.41, 5.74) is 4.06. The van der Waals surface area contributed by atoms with Gasteiger partial charge in [0.15, 0.2) is 0 Å². The van der Waals surface area contributed by atoms with Crippen molar-refractivity contribution in [1.82, 2.24) is 0 Å². The van der Waals surface area contributed by atoms with Crippen LogP contribution in [-0.2, 0) is 9.53 Å². The van der Waals surface area contributed by atoms with Gasteiger partial charge in [0, 0.05) is 23.4 Å². The van der Waals surface area contributed by atoms with Crippen molar-refractivity contribution in [3.8, 4) is 11.1 Å². The van der Waals surface area contributed by atoms with Crippen LogP contribution < -0.4 is 10.2 Å². The Labute approximate surface area is 250 Å². The number of nitrogens with zero attached hydrogens (tertiary/aromatic N) is 3. The second kappa shape index (κ2) is 13.2. The molecule has 218 valence electrons. The molecule has 1 aliphatic carbocycles. The number of carbonyl (C=O) groups is 2. The second-order valence-electron chi connectivity index (χ2n) is 9.67. The van der Waals surface area contributed by atoms with E-state index < -0.39 is 33.4 Å². The number of fused-ring (bicyclic) bond motifs is 3. The third-order valence-electron chi connectivity index (χ3n) is 7.04. The average molecular weight is 599 g/mol. The van der Waals surface area contributed by atoms with Crippen molar-refractivity contribution in [2.45, 2.75) is 12.0 Å². The van der Waals surface area contributed by atoms with E-state index in [0.29, 0.717) is 12.0 Å². The molecule has 0 saturated carbocycles. The first-order valence-corrected chi connectivity index (χ1v) is 14.4. The van der Waals surface area contributed by atoms with Gasteiger partial charge in [-0.3, -0.25) is 25.1 Å². The molecule has 0 saturated heterocycles. The van der Waals surface area contributed by atoms with Crippen molar-refractivity contribution >= 4 is 46.9 Å². The van der Waals surface area contributed by atoms with Gasteiger partial charge < -0.3 is 14.8 Å². The monoisotopic (exact) mass is 598 g/mol. The molecule has 1 amide bonds. The molecule has 5 rings (SSSR count). The zero-order chi connectivity index (χ0) is 30.3. The number of rotatable bonds is 12. The molecule has 0 bridgehead atoms. The molecule has 0 fully saturated rings. The number of hydrogen-bond donors (Lipinski definition) is 1. The van der Waals surface area contributed by atoms with Crippen LogP contribution in [0.15, 0.2) is 97.1 Å². The van der Waals surface area contributed by atoms with E-state index in [2.05, 4.69) is 17.4 Å². The summed E-state index contributed by atoms with van der Waals surface area (Å²) in [6, 6.07) is 27.4. The number of carbonyl (C=O) groups excluding carboxylic acids is 2. The number of nitro benzene ring substituents is 2. The summed E-state index contributed by atoms with van der Waals surface area (Å²) in [5, 5.41) is 25.3. The molecule has 4 aromatic rings. The molecule has 11 nitrogen and oxygen atoms in total. The van der Waals surface area contributed by atoms with E-state index in [0.717, 1.165) is 34.4 Å². The van der Waals surface area contributed by atoms with E-state index in [1.54, 1.807) is 24.3 Å². The second-order valence-corrected chi connectivity index (χ2v) is 10.7. The Morgan fingerprint density at radius 3 is 2.14 bits per heavy atom. The maximum atomic E-state index is 13.4. The van der Waals surface area contributed by atoms with Crippen molar-refractivity contribution < 1.29 is 24.2 Å². The molecule has 0 aromatic heterocycles. The van der Waals surface area contributed by atoms with Gasteiger partial charge in [0.2, 0.25) is 0 Å². The quantitative estimate of drug-likeness (QED) is 0.0822. The van der Waals surface area contributed by atoms with E-state index in [1.807, 2.05) is 42.5 Å². The predicted molar refractivity (Wildman–Crippen MR) is 165 cm³/mol. The van der Waals surface area contributed by atoms with E-state index in [9.17, 15) is 29.8 Å². The highest BCUT2D eigenvalue weighted by atomic mass is 32.2. The Morgan fingerprint density at radius 1 is 0.907 bits per heavy atom. The van der Waals surface area contributed by atoms with Gasteiger partial charge in [-0.25, -0.2) is 4.79 Å². The average Bonchev–Trinajstić information content (AvgIpc) is 3.35. The lowest BCUT2D eigenvalue weighted by atomic mass is 9.98. The first-order chi connectivity index (χ1) is 20.9. The number of non-ortho nitro benzene ring substituents is 1. The van der Waals surface area contributed by atoms with Crippen molar-refractivity contribution in [3.05, 3.63) is 128 Å². The van der Waals surface area contributed by atoms with Gasteiger partial charge in [0.1, 0.15) is 18.6 Å². The van der Waals surface area contributed by atoms with Crippen LogP contribution in [0.2, 0.25) is 0 Å². The van der Waals surface area contributed by atoms with Gasteiger partial charge in [0.25, 0.3) is 11.4 Å². The Kier molecular flexibility index (Phi) is 8.96. The summed E-state index contributed by atoms with van der Waals surface area (Å²) in [4.78, 5) is 47.8. The van der Waals surface area contributed by atoms with Gasteiger partial charge >= 0.3 is 6.09 Å². The molecule has 0 unspecified atom stereocenters. The molecular formula is C31H26N4O7S. The van der Waals surface area contributed by atoms with Gasteiger partial charge in [-0.2, -0.15) is 0 Å². The number of amides is 1. The summed E-state index contributed by atoms with van der Waals surface area (Å²) in [6.07, 6.45) is 0.0420. The molecule has 12 heteroatoms. The number of aldehydes is 1. The standard InChI is InChI=1S/C31H26N4O7S/c36-17-21(32-29-15-14-23(34(38)39)16-30(29)35(40)41)19-43-20-33(22-8-2-1-3-9-22)31(37)42-18-28-26-12-6-4-10-24(26)25-11-5-7-13-27(25)28/h1-17,21,28,32H,18-20H2/t21-/m1/s1. The van der Waals surface area contributed by atoms with Crippen LogP contribution in [0.3, 0.4) is 0 Å². The number of ether oxygens (including phenoxy) is 1. The Balaban J connectivity index is 1.26. The van der Waals surface area contributed by atoms with Crippen molar-refractivity contribution in [2.75, 3.05) is 28.5 Å². The number of hydrogen-bond acceptors (Lipinski definition) is 9. The fourth-order valence-corrected chi connectivity index (χ4v) is 5.96. The van der Waals surface area contributed by atoms with Crippen LogP contribution >= 0.6 is 11.8 Å². The van der Waals surface area contributed by atoms with Gasteiger partial charge in [-0.1, -0.05) is 66.7 Å². The smallest absolute Gasteiger partial charge is 0.415 e. The van der Waals surface area contributed by atoms with Crippen molar-refractivity contribution in [2.24, 2.45) is 0 Å².